The Balaban J connectivity index is 2.10. The molecule has 0 saturated carbocycles. The van der Waals surface area contributed by atoms with Gasteiger partial charge in [-0.2, -0.15) is 0 Å². The molecule has 0 saturated heterocycles. The SMILES string of the molecule is CN1C(=O)C(C)(c2cccc(-c3cc(Cl)ccc3CCN)c2)N=C1N. The third-order valence-corrected chi connectivity index (χ3v) is 4.86. The zero-order valence-electron chi connectivity index (χ0n) is 14.3. The van der Waals surface area contributed by atoms with Crippen LogP contribution in [0.3, 0.4) is 0 Å². The van der Waals surface area contributed by atoms with Crippen LogP contribution in [0.1, 0.15) is 18.1 Å². The number of hydrogen-bond donors (Lipinski definition) is 2. The Kier molecular flexibility index (Phi) is 4.54. The van der Waals surface area contributed by atoms with Crippen LogP contribution in [0.2, 0.25) is 5.02 Å². The first-order chi connectivity index (χ1) is 11.9. The number of hydrogen-bond acceptors (Lipinski definition) is 4. The van der Waals surface area contributed by atoms with Crippen molar-refractivity contribution in [3.8, 4) is 11.1 Å². The van der Waals surface area contributed by atoms with Gasteiger partial charge in [0.25, 0.3) is 5.91 Å². The highest BCUT2D eigenvalue weighted by molar-refractivity contribution is 6.30. The van der Waals surface area contributed by atoms with Gasteiger partial charge in [0.2, 0.25) is 0 Å². The van der Waals surface area contributed by atoms with E-state index in [1.165, 1.54) is 4.90 Å². The average Bonchev–Trinajstić information content (AvgIpc) is 2.81. The van der Waals surface area contributed by atoms with E-state index in [2.05, 4.69) is 4.99 Å². The minimum Gasteiger partial charge on any atom is -0.369 e. The van der Waals surface area contributed by atoms with Crippen LogP contribution in [0.25, 0.3) is 11.1 Å². The highest BCUT2D eigenvalue weighted by Crippen LogP contribution is 2.35. The van der Waals surface area contributed by atoms with Crippen LogP contribution in [-0.2, 0) is 16.8 Å². The van der Waals surface area contributed by atoms with Crippen molar-refractivity contribution in [1.29, 1.82) is 0 Å². The van der Waals surface area contributed by atoms with Gasteiger partial charge < -0.3 is 11.5 Å². The number of benzene rings is 2. The number of guanidine groups is 1. The molecule has 1 aliphatic rings. The lowest BCUT2D eigenvalue weighted by Crippen LogP contribution is -2.38. The first-order valence-electron chi connectivity index (χ1n) is 8.09. The maximum Gasteiger partial charge on any atom is 0.261 e. The van der Waals surface area contributed by atoms with E-state index >= 15 is 0 Å². The topological polar surface area (TPSA) is 84.7 Å². The second kappa shape index (κ2) is 6.50. The lowest BCUT2D eigenvalue weighted by atomic mass is 9.88. The first kappa shape index (κ1) is 17.5. The highest BCUT2D eigenvalue weighted by Gasteiger charge is 2.43. The first-order valence-corrected chi connectivity index (χ1v) is 8.47. The van der Waals surface area contributed by atoms with Crippen molar-refractivity contribution in [2.75, 3.05) is 13.6 Å². The van der Waals surface area contributed by atoms with Gasteiger partial charge in [-0.15, -0.1) is 0 Å². The smallest absolute Gasteiger partial charge is 0.261 e. The highest BCUT2D eigenvalue weighted by atomic mass is 35.5. The van der Waals surface area contributed by atoms with Gasteiger partial charge in [0.15, 0.2) is 11.5 Å². The van der Waals surface area contributed by atoms with Crippen LogP contribution in [-0.4, -0.2) is 30.4 Å². The number of rotatable bonds is 4. The van der Waals surface area contributed by atoms with Gasteiger partial charge in [0, 0.05) is 12.1 Å². The lowest BCUT2D eigenvalue weighted by molar-refractivity contribution is -0.130. The lowest BCUT2D eigenvalue weighted by Gasteiger charge is -2.21. The van der Waals surface area contributed by atoms with E-state index in [9.17, 15) is 4.79 Å². The van der Waals surface area contributed by atoms with E-state index in [1.807, 2.05) is 42.5 Å². The molecule has 0 fully saturated rings. The van der Waals surface area contributed by atoms with Gasteiger partial charge in [-0.1, -0.05) is 35.9 Å². The van der Waals surface area contributed by atoms with Crippen molar-refractivity contribution < 1.29 is 4.79 Å². The van der Waals surface area contributed by atoms with Gasteiger partial charge in [0.1, 0.15) is 0 Å². The molecule has 130 valence electrons. The Morgan fingerprint density at radius 1 is 1.24 bits per heavy atom. The summed E-state index contributed by atoms with van der Waals surface area (Å²) in [7, 11) is 1.63. The molecule has 1 heterocycles. The average molecular weight is 357 g/mol. The fourth-order valence-electron chi connectivity index (χ4n) is 3.15. The standard InChI is InChI=1S/C19H21ClN4O/c1-19(17(25)24(2)18(22)23-19)14-5-3-4-13(10-14)16-11-15(20)7-6-12(16)8-9-21/h3-7,10-11H,8-9,21H2,1-2H3,(H2,22,23). The summed E-state index contributed by atoms with van der Waals surface area (Å²) in [6.07, 6.45) is 0.751. The van der Waals surface area contributed by atoms with Crippen molar-refractivity contribution >= 4 is 23.5 Å². The third kappa shape index (κ3) is 3.01. The minimum absolute atomic E-state index is 0.143. The number of nitrogens with zero attached hydrogens (tertiary/aromatic N) is 2. The summed E-state index contributed by atoms with van der Waals surface area (Å²) in [5, 5.41) is 0.659. The Labute approximate surface area is 152 Å². The molecular formula is C19H21ClN4O. The number of aliphatic imine (C=N–C) groups is 1. The summed E-state index contributed by atoms with van der Waals surface area (Å²) >= 11 is 6.19. The molecule has 0 radical (unpaired) electrons. The zero-order valence-corrected chi connectivity index (χ0v) is 15.0. The van der Waals surface area contributed by atoms with E-state index in [0.717, 1.165) is 28.7 Å². The predicted molar refractivity (Wildman–Crippen MR) is 101 cm³/mol. The molecular weight excluding hydrogens is 336 g/mol. The molecule has 2 aromatic carbocycles. The largest absolute Gasteiger partial charge is 0.369 e. The number of carbonyl (C=O) groups excluding carboxylic acids is 1. The zero-order chi connectivity index (χ0) is 18.2. The second-order valence-electron chi connectivity index (χ2n) is 6.33. The maximum absolute atomic E-state index is 12.6. The number of amides is 1. The van der Waals surface area contributed by atoms with E-state index < -0.39 is 5.54 Å². The summed E-state index contributed by atoms with van der Waals surface area (Å²) in [6.45, 7) is 2.33. The van der Waals surface area contributed by atoms with Crippen LogP contribution in [0.15, 0.2) is 47.5 Å². The normalized spacial score (nSPS) is 20.1. The maximum atomic E-state index is 12.6. The van der Waals surface area contributed by atoms with Crippen molar-refractivity contribution in [2.45, 2.75) is 18.9 Å². The summed E-state index contributed by atoms with van der Waals surface area (Å²) < 4.78 is 0. The van der Waals surface area contributed by atoms with E-state index in [-0.39, 0.29) is 11.9 Å². The van der Waals surface area contributed by atoms with Gasteiger partial charge in [-0.05, 0) is 60.3 Å². The Morgan fingerprint density at radius 2 is 2.00 bits per heavy atom. The molecule has 0 aromatic heterocycles. The van der Waals surface area contributed by atoms with Crippen LogP contribution in [0.4, 0.5) is 0 Å². The quantitative estimate of drug-likeness (QED) is 0.882. The van der Waals surface area contributed by atoms with Crippen molar-refractivity contribution in [3.05, 3.63) is 58.6 Å². The summed E-state index contributed by atoms with van der Waals surface area (Å²) in [4.78, 5) is 18.4. The third-order valence-electron chi connectivity index (χ3n) is 4.62. The van der Waals surface area contributed by atoms with Crippen LogP contribution in [0, 0.1) is 0 Å². The molecule has 5 nitrogen and oxygen atoms in total. The molecule has 0 bridgehead atoms. The Bertz CT molecular complexity index is 864. The second-order valence-corrected chi connectivity index (χ2v) is 6.76. The van der Waals surface area contributed by atoms with Crippen molar-refractivity contribution in [2.24, 2.45) is 16.5 Å². The minimum atomic E-state index is -1.01. The number of nitrogens with two attached hydrogens (primary N) is 2. The molecule has 0 aliphatic carbocycles. The fraction of sp³-hybridized carbons (Fsp3) is 0.263. The number of carbonyl (C=O) groups is 1. The number of likely N-dealkylation sites (N-methyl/N-ethyl adjacent to an activating group) is 1. The summed E-state index contributed by atoms with van der Waals surface area (Å²) in [5.41, 5.74) is 14.5. The van der Waals surface area contributed by atoms with E-state index in [0.29, 0.717) is 11.6 Å². The molecule has 3 rings (SSSR count). The monoisotopic (exact) mass is 356 g/mol. The van der Waals surface area contributed by atoms with Gasteiger partial charge >= 0.3 is 0 Å². The fourth-order valence-corrected chi connectivity index (χ4v) is 3.32. The Hall–Kier alpha value is -2.37. The van der Waals surface area contributed by atoms with Gasteiger partial charge in [-0.3, -0.25) is 9.69 Å². The molecule has 6 heteroatoms. The molecule has 4 N–H and O–H groups in total. The van der Waals surface area contributed by atoms with Crippen LogP contribution < -0.4 is 11.5 Å². The molecule has 1 amide bonds. The molecule has 1 atom stereocenters. The molecule has 2 aromatic rings. The van der Waals surface area contributed by atoms with E-state index in [4.69, 9.17) is 23.1 Å². The van der Waals surface area contributed by atoms with Crippen LogP contribution >= 0.6 is 11.6 Å². The molecule has 1 unspecified atom stereocenters. The van der Waals surface area contributed by atoms with E-state index in [1.54, 1.807) is 14.0 Å². The van der Waals surface area contributed by atoms with Gasteiger partial charge in [0.05, 0.1) is 0 Å². The van der Waals surface area contributed by atoms with Crippen LogP contribution in [0.5, 0.6) is 0 Å². The summed E-state index contributed by atoms with van der Waals surface area (Å²) in [6, 6.07) is 13.6. The van der Waals surface area contributed by atoms with Crippen molar-refractivity contribution in [1.82, 2.24) is 4.90 Å². The molecule has 0 spiro atoms. The molecule has 25 heavy (non-hydrogen) atoms. The number of halogens is 1. The Morgan fingerprint density at radius 3 is 2.64 bits per heavy atom. The predicted octanol–water partition coefficient (Wildman–Crippen LogP) is 2.51. The van der Waals surface area contributed by atoms with Crippen molar-refractivity contribution in [3.63, 3.8) is 0 Å². The van der Waals surface area contributed by atoms with Gasteiger partial charge in [-0.25, -0.2) is 4.99 Å². The molecule has 1 aliphatic heterocycles. The summed E-state index contributed by atoms with van der Waals surface area (Å²) in [5.74, 6) is 0.0832.